The summed E-state index contributed by atoms with van der Waals surface area (Å²) < 4.78 is 4.82. The van der Waals surface area contributed by atoms with Gasteiger partial charge in [-0.2, -0.15) is 0 Å². The predicted molar refractivity (Wildman–Crippen MR) is 47.7 cm³/mol. The molecular weight excluding hydrogens is 152 g/mol. The largest absolute Gasteiger partial charge is 0.461 e. The molecule has 1 aliphatic rings. The highest BCUT2D eigenvalue weighted by Crippen LogP contribution is 2.22. The van der Waals surface area contributed by atoms with Gasteiger partial charge in [-0.15, -0.1) is 0 Å². The molecule has 1 heterocycles. The molecule has 12 heavy (non-hydrogen) atoms. The second kappa shape index (κ2) is 3.30. The molecule has 0 aromatic carbocycles. The third-order valence-electron chi connectivity index (χ3n) is 1.79. The zero-order valence-corrected chi connectivity index (χ0v) is 8.02. The standard InChI is InChI=1S/C10H16O2/c1-10(2,3)5-4-8-6-9(11)12-7-8/h4H,5-7H2,1-3H3/b8-4-. The molecule has 0 aliphatic carbocycles. The van der Waals surface area contributed by atoms with Crippen molar-refractivity contribution in [3.8, 4) is 0 Å². The van der Waals surface area contributed by atoms with Crippen molar-refractivity contribution in [1.29, 1.82) is 0 Å². The van der Waals surface area contributed by atoms with E-state index in [0.29, 0.717) is 18.4 Å². The first-order valence-electron chi connectivity index (χ1n) is 4.31. The Kier molecular flexibility index (Phi) is 2.55. The quantitative estimate of drug-likeness (QED) is 0.443. The van der Waals surface area contributed by atoms with Gasteiger partial charge in [0, 0.05) is 0 Å². The van der Waals surface area contributed by atoms with Crippen LogP contribution in [0.2, 0.25) is 0 Å². The van der Waals surface area contributed by atoms with Crippen molar-refractivity contribution >= 4 is 5.97 Å². The summed E-state index contributed by atoms with van der Waals surface area (Å²) in [5, 5.41) is 0. The maximum atomic E-state index is 10.7. The number of rotatable bonds is 1. The lowest BCUT2D eigenvalue weighted by Gasteiger charge is -2.14. The summed E-state index contributed by atoms with van der Waals surface area (Å²) in [4.78, 5) is 10.7. The fraction of sp³-hybridized carbons (Fsp3) is 0.700. The molecule has 0 aromatic heterocycles. The number of cyclic esters (lactones) is 1. The van der Waals surface area contributed by atoms with Gasteiger partial charge in [-0.1, -0.05) is 26.8 Å². The summed E-state index contributed by atoms with van der Waals surface area (Å²) in [6, 6.07) is 0. The van der Waals surface area contributed by atoms with Crippen molar-refractivity contribution in [2.24, 2.45) is 5.41 Å². The van der Waals surface area contributed by atoms with Crippen molar-refractivity contribution in [2.75, 3.05) is 6.61 Å². The minimum absolute atomic E-state index is 0.0878. The van der Waals surface area contributed by atoms with Gasteiger partial charge in [0.25, 0.3) is 0 Å². The van der Waals surface area contributed by atoms with Gasteiger partial charge in [-0.25, -0.2) is 0 Å². The van der Waals surface area contributed by atoms with E-state index in [9.17, 15) is 4.79 Å². The van der Waals surface area contributed by atoms with E-state index < -0.39 is 0 Å². The number of carbonyl (C=O) groups excluding carboxylic acids is 1. The molecule has 0 atom stereocenters. The first-order chi connectivity index (χ1) is 5.47. The summed E-state index contributed by atoms with van der Waals surface area (Å²) in [5.41, 5.74) is 1.44. The van der Waals surface area contributed by atoms with Crippen LogP contribution in [0.4, 0.5) is 0 Å². The van der Waals surface area contributed by atoms with Crippen LogP contribution in [0, 0.1) is 5.41 Å². The minimum atomic E-state index is -0.0878. The fourth-order valence-corrected chi connectivity index (χ4v) is 1.04. The van der Waals surface area contributed by atoms with E-state index in [1.54, 1.807) is 0 Å². The van der Waals surface area contributed by atoms with Gasteiger partial charge < -0.3 is 4.74 Å². The number of hydrogen-bond acceptors (Lipinski definition) is 2. The van der Waals surface area contributed by atoms with Gasteiger partial charge in [0.2, 0.25) is 0 Å². The third kappa shape index (κ3) is 3.07. The molecule has 2 heteroatoms. The number of ether oxygens (including phenoxy) is 1. The fourth-order valence-electron chi connectivity index (χ4n) is 1.04. The monoisotopic (exact) mass is 168 g/mol. The first-order valence-corrected chi connectivity index (χ1v) is 4.31. The van der Waals surface area contributed by atoms with Crippen molar-refractivity contribution in [3.05, 3.63) is 11.6 Å². The van der Waals surface area contributed by atoms with Crippen molar-refractivity contribution < 1.29 is 9.53 Å². The van der Waals surface area contributed by atoms with E-state index >= 15 is 0 Å². The first kappa shape index (κ1) is 9.30. The molecule has 1 aliphatic heterocycles. The Morgan fingerprint density at radius 2 is 2.17 bits per heavy atom. The molecule has 0 saturated carbocycles. The van der Waals surface area contributed by atoms with Gasteiger partial charge in [0.15, 0.2) is 0 Å². The topological polar surface area (TPSA) is 26.3 Å². The van der Waals surface area contributed by atoms with Crippen molar-refractivity contribution in [1.82, 2.24) is 0 Å². The minimum Gasteiger partial charge on any atom is -0.461 e. The van der Waals surface area contributed by atoms with E-state index in [1.165, 1.54) is 0 Å². The third-order valence-corrected chi connectivity index (χ3v) is 1.79. The number of hydrogen-bond donors (Lipinski definition) is 0. The van der Waals surface area contributed by atoms with Crippen LogP contribution in [-0.2, 0) is 9.53 Å². The number of esters is 1. The van der Waals surface area contributed by atoms with Crippen LogP contribution in [0.1, 0.15) is 33.6 Å². The summed E-state index contributed by atoms with van der Waals surface area (Å²) >= 11 is 0. The molecule has 0 amide bonds. The van der Waals surface area contributed by atoms with E-state index in [-0.39, 0.29) is 5.97 Å². The Morgan fingerprint density at radius 3 is 2.58 bits per heavy atom. The van der Waals surface area contributed by atoms with Crippen LogP contribution < -0.4 is 0 Å². The second-order valence-electron chi connectivity index (χ2n) is 4.46. The molecule has 1 rings (SSSR count). The van der Waals surface area contributed by atoms with Crippen LogP contribution in [0.3, 0.4) is 0 Å². The summed E-state index contributed by atoms with van der Waals surface area (Å²) in [6.45, 7) is 7.06. The van der Waals surface area contributed by atoms with E-state index in [4.69, 9.17) is 4.74 Å². The van der Waals surface area contributed by atoms with Crippen molar-refractivity contribution in [3.63, 3.8) is 0 Å². The smallest absolute Gasteiger partial charge is 0.310 e. The van der Waals surface area contributed by atoms with Crippen LogP contribution in [0.5, 0.6) is 0 Å². The average Bonchev–Trinajstić information content (AvgIpc) is 2.30. The van der Waals surface area contributed by atoms with Gasteiger partial charge in [-0.3, -0.25) is 4.79 Å². The van der Waals surface area contributed by atoms with Gasteiger partial charge >= 0.3 is 5.97 Å². The van der Waals surface area contributed by atoms with E-state index in [2.05, 4.69) is 26.8 Å². The lowest BCUT2D eigenvalue weighted by atomic mass is 9.91. The molecule has 1 saturated heterocycles. The van der Waals surface area contributed by atoms with Gasteiger partial charge in [-0.05, 0) is 17.4 Å². The highest BCUT2D eigenvalue weighted by molar-refractivity contribution is 5.75. The SMILES string of the molecule is CC(C)(C)C/C=C1\COC(=O)C1. The molecule has 68 valence electrons. The Balaban J connectivity index is 2.43. The molecule has 2 nitrogen and oxygen atoms in total. The molecule has 0 aromatic rings. The Bertz CT molecular complexity index is 208. The maximum Gasteiger partial charge on any atom is 0.310 e. The van der Waals surface area contributed by atoms with Crippen LogP contribution in [0.25, 0.3) is 0 Å². The molecule has 0 spiro atoms. The van der Waals surface area contributed by atoms with Crippen LogP contribution >= 0.6 is 0 Å². The van der Waals surface area contributed by atoms with Gasteiger partial charge in [0.1, 0.15) is 6.61 Å². The second-order valence-corrected chi connectivity index (χ2v) is 4.46. The summed E-state index contributed by atoms with van der Waals surface area (Å²) in [7, 11) is 0. The zero-order chi connectivity index (χ0) is 9.19. The Morgan fingerprint density at radius 1 is 1.50 bits per heavy atom. The van der Waals surface area contributed by atoms with Crippen LogP contribution in [0.15, 0.2) is 11.6 Å². The normalized spacial score (nSPS) is 21.6. The maximum absolute atomic E-state index is 10.7. The molecule has 0 unspecified atom stereocenters. The van der Waals surface area contributed by atoms with Crippen LogP contribution in [-0.4, -0.2) is 12.6 Å². The highest BCUT2D eigenvalue weighted by Gasteiger charge is 2.17. The van der Waals surface area contributed by atoms with Gasteiger partial charge in [0.05, 0.1) is 6.42 Å². The average molecular weight is 168 g/mol. The molecule has 0 bridgehead atoms. The highest BCUT2D eigenvalue weighted by atomic mass is 16.5. The molecule has 1 fully saturated rings. The lowest BCUT2D eigenvalue weighted by Crippen LogP contribution is -2.02. The van der Waals surface area contributed by atoms with Crippen molar-refractivity contribution in [2.45, 2.75) is 33.6 Å². The lowest BCUT2D eigenvalue weighted by molar-refractivity contribution is -0.137. The molecule has 0 radical (unpaired) electrons. The van der Waals surface area contributed by atoms with E-state index in [0.717, 1.165) is 12.0 Å². The van der Waals surface area contributed by atoms with E-state index in [1.807, 2.05) is 0 Å². The Labute approximate surface area is 73.6 Å². The zero-order valence-electron chi connectivity index (χ0n) is 8.02. The predicted octanol–water partition coefficient (Wildman–Crippen LogP) is 2.30. The summed E-state index contributed by atoms with van der Waals surface area (Å²) in [5.74, 6) is -0.0878. The summed E-state index contributed by atoms with van der Waals surface area (Å²) in [6.07, 6.45) is 3.64. The molecule has 0 N–H and O–H groups in total. The number of carbonyl (C=O) groups is 1. The molecular formula is C10H16O2. The number of allylic oxidation sites excluding steroid dienone is 1. The Hall–Kier alpha value is -0.790.